The van der Waals surface area contributed by atoms with Crippen molar-refractivity contribution >= 4 is 6.03 Å². The molecule has 0 aliphatic carbocycles. The van der Waals surface area contributed by atoms with Crippen molar-refractivity contribution in [3.63, 3.8) is 0 Å². The Morgan fingerprint density at radius 3 is 1.80 bits per heavy atom. The van der Waals surface area contributed by atoms with Gasteiger partial charge >= 0.3 is 6.03 Å². The predicted octanol–water partition coefficient (Wildman–Crippen LogP) is -1.72. The van der Waals surface area contributed by atoms with Gasteiger partial charge in [0.15, 0.2) is 0 Å². The van der Waals surface area contributed by atoms with Gasteiger partial charge in [0.1, 0.15) is 0 Å². The van der Waals surface area contributed by atoms with Crippen LogP contribution in [-0.2, 0) is 0 Å². The van der Waals surface area contributed by atoms with E-state index in [9.17, 15) is 4.79 Å². The van der Waals surface area contributed by atoms with Crippen LogP contribution in [0, 0.1) is 10.1 Å². The van der Waals surface area contributed by atoms with Gasteiger partial charge in [-0.1, -0.05) is 0 Å². The molecule has 0 heterocycles. The van der Waals surface area contributed by atoms with Crippen molar-refractivity contribution in [2.75, 3.05) is 0 Å². The molecule has 0 fully saturated rings. The van der Waals surface area contributed by atoms with E-state index in [-0.39, 0.29) is 5.17 Å². The Labute approximate surface area is 54.5 Å². The Kier molecular flexibility index (Phi) is 6.20. The number of hydrogen-bond acceptors (Lipinski definition) is 5. The van der Waals surface area contributed by atoms with Gasteiger partial charge in [0.2, 0.25) is 0 Å². The van der Waals surface area contributed by atoms with Gasteiger partial charge in [0, 0.05) is 0 Å². The fraction of sp³-hybridized carbons (Fsp3) is 0. The maximum Gasteiger partial charge on any atom is 0.353 e. The molecular formula is CH6N4O5. The van der Waals surface area contributed by atoms with Crippen LogP contribution in [0.3, 0.4) is 0 Å². The maximum absolute atomic E-state index is 9.47. The average molecular weight is 154 g/mol. The van der Waals surface area contributed by atoms with E-state index < -0.39 is 11.1 Å². The molecule has 9 heteroatoms. The van der Waals surface area contributed by atoms with Crippen molar-refractivity contribution < 1.29 is 20.3 Å². The van der Waals surface area contributed by atoms with E-state index in [1.54, 1.807) is 0 Å². The minimum absolute atomic E-state index is 0.194. The summed E-state index contributed by atoms with van der Waals surface area (Å²) in [6.45, 7) is 0. The van der Waals surface area contributed by atoms with Crippen molar-refractivity contribution in [2.45, 2.75) is 0 Å². The van der Waals surface area contributed by atoms with E-state index in [1.807, 2.05) is 0 Å². The van der Waals surface area contributed by atoms with E-state index in [2.05, 4.69) is 11.6 Å². The van der Waals surface area contributed by atoms with Crippen LogP contribution >= 0.6 is 0 Å². The lowest BCUT2D eigenvalue weighted by molar-refractivity contribution is -0.742. The van der Waals surface area contributed by atoms with Crippen molar-refractivity contribution in [1.29, 1.82) is 0 Å². The van der Waals surface area contributed by atoms with Crippen LogP contribution in [-0.4, -0.2) is 26.7 Å². The molecule has 6 N–H and O–H groups in total. The lowest BCUT2D eigenvalue weighted by atomic mass is 11.1. The molecule has 10 heavy (non-hydrogen) atoms. The number of nitrogens with two attached hydrogens (primary N) is 2. The summed E-state index contributed by atoms with van der Waals surface area (Å²) in [5.41, 5.74) is 4.35. The summed E-state index contributed by atoms with van der Waals surface area (Å²) in [5, 5.41) is 21.2. The zero-order valence-electron chi connectivity index (χ0n) is 4.67. The number of carbonyl (C=O) groups is 1. The molecule has 0 aromatic rings. The van der Waals surface area contributed by atoms with Crippen LogP contribution in [0.15, 0.2) is 0 Å². The summed E-state index contributed by atoms with van der Waals surface area (Å²) < 4.78 is 0. The van der Waals surface area contributed by atoms with E-state index in [0.717, 1.165) is 0 Å². The molecule has 0 aliphatic heterocycles. The first kappa shape index (κ1) is 11.2. The highest BCUT2D eigenvalue weighted by atomic mass is 16.9. The van der Waals surface area contributed by atoms with Crippen LogP contribution in [0.5, 0.6) is 0 Å². The molecule has 0 saturated carbocycles. The number of rotatable bonds is 0. The zero-order valence-corrected chi connectivity index (χ0v) is 4.67. The van der Waals surface area contributed by atoms with Crippen LogP contribution in [0.1, 0.15) is 0 Å². The normalized spacial score (nSPS) is 7.00. The van der Waals surface area contributed by atoms with Crippen molar-refractivity contribution in [3.05, 3.63) is 10.1 Å². The summed E-state index contributed by atoms with van der Waals surface area (Å²) in [5.74, 6) is 4.35. The number of hydrazine groups is 1. The number of hydroxylamine groups is 1. The monoisotopic (exact) mass is 154 g/mol. The summed E-state index contributed by atoms with van der Waals surface area (Å²) in [6, 6.07) is -1.07. The van der Waals surface area contributed by atoms with Gasteiger partial charge in [-0.2, -0.15) is 0 Å². The number of urea groups is 1. The van der Waals surface area contributed by atoms with Crippen LogP contribution in [0.2, 0.25) is 0 Å². The molecule has 0 bridgehead atoms. The molecule has 0 aliphatic rings. The predicted molar refractivity (Wildman–Crippen MR) is 26.2 cm³/mol. The highest BCUT2D eigenvalue weighted by Gasteiger charge is 1.92. The molecular weight excluding hydrogens is 148 g/mol. The Balaban J connectivity index is 0. The van der Waals surface area contributed by atoms with Gasteiger partial charge in [0.05, 0.1) is 0 Å². The number of amides is 2. The van der Waals surface area contributed by atoms with E-state index in [4.69, 9.17) is 20.5 Å². The lowest BCUT2D eigenvalue weighted by Crippen LogP contribution is -2.38. The SMILES string of the molecule is NC(=O)N(N)O.O=[N+]([O-])O. The molecule has 0 radical (unpaired) electrons. The second-order valence-corrected chi connectivity index (χ2v) is 0.921. The fourth-order valence-corrected chi connectivity index (χ4v) is 0. The summed E-state index contributed by atoms with van der Waals surface area (Å²) >= 11 is 0. The lowest BCUT2D eigenvalue weighted by Gasteiger charge is -1.98. The molecule has 0 rings (SSSR count). The third kappa shape index (κ3) is 32.5. The maximum atomic E-state index is 9.47. The summed E-state index contributed by atoms with van der Waals surface area (Å²) in [7, 11) is 0. The van der Waals surface area contributed by atoms with Crippen molar-refractivity contribution in [1.82, 2.24) is 5.17 Å². The van der Waals surface area contributed by atoms with Crippen LogP contribution in [0.4, 0.5) is 4.79 Å². The topological polar surface area (TPSA) is 156 Å². The van der Waals surface area contributed by atoms with Gasteiger partial charge in [-0.3, -0.25) is 5.21 Å². The van der Waals surface area contributed by atoms with Crippen molar-refractivity contribution in [3.8, 4) is 0 Å². The van der Waals surface area contributed by atoms with Crippen molar-refractivity contribution in [2.24, 2.45) is 11.6 Å². The second kappa shape index (κ2) is 5.53. The third-order valence-electron chi connectivity index (χ3n) is 0.226. The van der Waals surface area contributed by atoms with E-state index in [1.165, 1.54) is 0 Å². The van der Waals surface area contributed by atoms with E-state index >= 15 is 0 Å². The highest BCUT2D eigenvalue weighted by Crippen LogP contribution is 1.58. The van der Waals surface area contributed by atoms with Gasteiger partial charge in [-0.15, -0.1) is 15.3 Å². The Hall–Kier alpha value is -1.61. The van der Waals surface area contributed by atoms with Gasteiger partial charge in [-0.05, 0) is 0 Å². The fourth-order valence-electron chi connectivity index (χ4n) is 0. The average Bonchev–Trinajstić information content (AvgIpc) is 1.63. The molecule has 60 valence electrons. The first-order valence-corrected chi connectivity index (χ1v) is 1.74. The molecule has 9 nitrogen and oxygen atoms in total. The van der Waals surface area contributed by atoms with E-state index in [0.29, 0.717) is 0 Å². The summed E-state index contributed by atoms with van der Waals surface area (Å²) in [6.07, 6.45) is 0. The smallest absolute Gasteiger partial charge is 0.349 e. The van der Waals surface area contributed by atoms with Gasteiger partial charge in [0.25, 0.3) is 5.09 Å². The van der Waals surface area contributed by atoms with Crippen LogP contribution < -0.4 is 11.6 Å². The third-order valence-corrected chi connectivity index (χ3v) is 0.226. The minimum atomic E-state index is -1.50. The number of carbonyl (C=O) groups excluding carboxylic acids is 1. The molecule has 2 amide bonds. The quantitative estimate of drug-likeness (QED) is 0.107. The largest absolute Gasteiger partial charge is 0.353 e. The summed E-state index contributed by atoms with van der Waals surface area (Å²) in [4.78, 5) is 17.8. The Bertz CT molecular complexity index is 117. The first-order valence-electron chi connectivity index (χ1n) is 1.74. The van der Waals surface area contributed by atoms with Gasteiger partial charge in [-0.25, -0.2) is 10.6 Å². The second-order valence-electron chi connectivity index (χ2n) is 0.921. The highest BCUT2D eigenvalue weighted by molar-refractivity contribution is 5.69. The van der Waals surface area contributed by atoms with Crippen LogP contribution in [0.25, 0.3) is 0 Å². The zero-order chi connectivity index (χ0) is 8.73. The first-order chi connectivity index (χ1) is 4.37. The molecule has 0 spiro atoms. The van der Waals surface area contributed by atoms with Gasteiger partial charge < -0.3 is 10.9 Å². The molecule has 0 aromatic carbocycles. The minimum Gasteiger partial charge on any atom is -0.349 e. The molecule has 0 saturated heterocycles. The number of hydrogen-bond donors (Lipinski definition) is 4. The molecule has 0 aromatic heterocycles. The molecule has 0 unspecified atom stereocenters. The molecule has 0 atom stereocenters. The number of nitrogens with zero attached hydrogens (tertiary/aromatic N) is 2. The standard InChI is InChI=1S/CH5N3O2.HNO3/c2-1(5)4(3)6;2-1(3)4/h6H,3H2,(H2,2,5);(H,2,3,4). The Morgan fingerprint density at radius 1 is 1.70 bits per heavy atom. The number of primary amides is 1. The Morgan fingerprint density at radius 2 is 1.80 bits per heavy atom.